The van der Waals surface area contributed by atoms with Crippen LogP contribution in [-0.2, 0) is 11.0 Å². The lowest BCUT2D eigenvalue weighted by atomic mass is 9.83. The number of hydrogen-bond donors (Lipinski definition) is 1. The van der Waals surface area contributed by atoms with Gasteiger partial charge in [-0.15, -0.1) is 0 Å². The largest absolute Gasteiger partial charge is 0.493 e. The van der Waals surface area contributed by atoms with Crippen LogP contribution in [0.2, 0.25) is 0 Å². The molecule has 4 rings (SSSR count). The van der Waals surface area contributed by atoms with Crippen LogP contribution in [0.4, 0.5) is 13.2 Å². The Kier molecular flexibility index (Phi) is 5.75. The molecule has 1 N–H and O–H groups in total. The Labute approximate surface area is 180 Å². The summed E-state index contributed by atoms with van der Waals surface area (Å²) in [6.07, 6.45) is -1.61. The minimum absolute atomic E-state index is 0.0450. The average molecular weight is 432 g/mol. The lowest BCUT2D eigenvalue weighted by molar-refractivity contribution is -0.142. The van der Waals surface area contributed by atoms with Crippen LogP contribution >= 0.6 is 0 Å². The maximum absolute atomic E-state index is 13.4. The minimum atomic E-state index is -4.36. The van der Waals surface area contributed by atoms with E-state index in [1.54, 1.807) is 19.9 Å². The Balaban J connectivity index is 1.43. The standard InChI is InChI=1S/C25H27F3O3/c1-14-6-9-22(25(26,27)28)21(10-14)20-12-18(20)13-31-19-5-3-4-17(11-19)23(16-7-8-16)15(2)24(29)30/h3-6,9-11,15-16,18,20,23H,7-8,12-13H2,1-2H3,(H,29,30)/t15-,18+,20-,23-/m0/s1. The molecule has 2 aliphatic carbocycles. The van der Waals surface area contributed by atoms with Crippen molar-refractivity contribution in [2.45, 2.75) is 51.1 Å². The molecule has 0 saturated heterocycles. The number of alkyl halides is 3. The molecular formula is C25H27F3O3. The van der Waals surface area contributed by atoms with Crippen LogP contribution in [0.15, 0.2) is 42.5 Å². The van der Waals surface area contributed by atoms with Crippen molar-refractivity contribution in [2.75, 3.05) is 6.61 Å². The summed E-state index contributed by atoms with van der Waals surface area (Å²) in [5, 5.41) is 9.47. The molecule has 0 heterocycles. The second-order valence-electron chi connectivity index (χ2n) is 9.06. The van der Waals surface area contributed by atoms with Gasteiger partial charge in [0.05, 0.1) is 18.1 Å². The summed E-state index contributed by atoms with van der Waals surface area (Å²) < 4.78 is 46.1. The predicted octanol–water partition coefficient (Wildman–Crippen LogP) is 6.41. The van der Waals surface area contributed by atoms with Crippen molar-refractivity contribution < 1.29 is 27.8 Å². The van der Waals surface area contributed by atoms with E-state index in [4.69, 9.17) is 4.74 Å². The third kappa shape index (κ3) is 4.89. The molecule has 0 unspecified atom stereocenters. The summed E-state index contributed by atoms with van der Waals surface area (Å²) in [4.78, 5) is 11.5. The number of ether oxygens (including phenoxy) is 1. The second kappa shape index (κ2) is 8.21. The number of hydrogen-bond acceptors (Lipinski definition) is 2. The van der Waals surface area contributed by atoms with Gasteiger partial charge in [0, 0.05) is 5.92 Å². The molecule has 0 spiro atoms. The highest BCUT2D eigenvalue weighted by Crippen LogP contribution is 2.51. The molecule has 166 valence electrons. The van der Waals surface area contributed by atoms with Crippen molar-refractivity contribution in [3.8, 4) is 5.75 Å². The molecule has 2 saturated carbocycles. The highest BCUT2D eigenvalue weighted by atomic mass is 19.4. The smallest absolute Gasteiger partial charge is 0.416 e. The van der Waals surface area contributed by atoms with Crippen molar-refractivity contribution in [3.63, 3.8) is 0 Å². The number of rotatable bonds is 8. The topological polar surface area (TPSA) is 46.5 Å². The number of aryl methyl sites for hydroxylation is 1. The maximum atomic E-state index is 13.4. The number of carboxylic acids is 1. The van der Waals surface area contributed by atoms with E-state index in [0.717, 1.165) is 24.0 Å². The molecule has 0 aromatic heterocycles. The van der Waals surface area contributed by atoms with Crippen LogP contribution in [0.5, 0.6) is 5.75 Å². The van der Waals surface area contributed by atoms with E-state index in [2.05, 4.69) is 0 Å². The van der Waals surface area contributed by atoms with Crippen LogP contribution in [0.1, 0.15) is 60.3 Å². The Hall–Kier alpha value is -2.50. The SMILES string of the molecule is Cc1ccc(C(F)(F)F)c([C@H]2C[C@@H]2COc2cccc([C@H](C3CC3)[C@H](C)C(=O)O)c2)c1. The Morgan fingerprint density at radius 2 is 1.94 bits per heavy atom. The number of carboxylic acid groups (broad SMARTS) is 1. The fourth-order valence-electron chi connectivity index (χ4n) is 4.65. The monoisotopic (exact) mass is 432 g/mol. The first-order valence-corrected chi connectivity index (χ1v) is 10.8. The Bertz CT molecular complexity index is 965. The van der Waals surface area contributed by atoms with Gasteiger partial charge in [0.2, 0.25) is 0 Å². The first-order valence-electron chi connectivity index (χ1n) is 10.8. The zero-order valence-electron chi connectivity index (χ0n) is 17.7. The minimum Gasteiger partial charge on any atom is -0.493 e. The predicted molar refractivity (Wildman–Crippen MR) is 111 cm³/mol. The molecule has 2 aliphatic rings. The van der Waals surface area contributed by atoms with Crippen LogP contribution in [0.3, 0.4) is 0 Å². The number of carbonyl (C=O) groups is 1. The molecule has 0 amide bonds. The van der Waals surface area contributed by atoms with Gasteiger partial charge in [0.25, 0.3) is 0 Å². The quantitative estimate of drug-likeness (QED) is 0.524. The van der Waals surface area contributed by atoms with Gasteiger partial charge in [-0.1, -0.05) is 36.8 Å². The van der Waals surface area contributed by atoms with Crippen LogP contribution < -0.4 is 4.74 Å². The molecule has 6 heteroatoms. The van der Waals surface area contributed by atoms with E-state index in [1.807, 2.05) is 24.3 Å². The second-order valence-corrected chi connectivity index (χ2v) is 9.06. The van der Waals surface area contributed by atoms with Gasteiger partial charge in [0.1, 0.15) is 5.75 Å². The molecule has 3 nitrogen and oxygen atoms in total. The summed E-state index contributed by atoms with van der Waals surface area (Å²) in [7, 11) is 0. The van der Waals surface area contributed by atoms with Gasteiger partial charge >= 0.3 is 12.1 Å². The lowest BCUT2D eigenvalue weighted by Crippen LogP contribution is -2.20. The van der Waals surface area contributed by atoms with E-state index in [-0.39, 0.29) is 17.8 Å². The third-order valence-corrected chi connectivity index (χ3v) is 6.60. The molecule has 0 bridgehead atoms. The van der Waals surface area contributed by atoms with E-state index in [9.17, 15) is 23.1 Å². The van der Waals surface area contributed by atoms with Crippen molar-refractivity contribution in [1.82, 2.24) is 0 Å². The van der Waals surface area contributed by atoms with Crippen molar-refractivity contribution >= 4 is 5.97 Å². The van der Waals surface area contributed by atoms with E-state index < -0.39 is 23.6 Å². The maximum Gasteiger partial charge on any atom is 0.416 e. The van der Waals surface area contributed by atoms with Gasteiger partial charge < -0.3 is 9.84 Å². The van der Waals surface area contributed by atoms with Crippen LogP contribution in [0.25, 0.3) is 0 Å². The molecule has 2 fully saturated rings. The first-order chi connectivity index (χ1) is 14.6. The molecule has 31 heavy (non-hydrogen) atoms. The highest BCUT2D eigenvalue weighted by Gasteiger charge is 2.44. The highest BCUT2D eigenvalue weighted by molar-refractivity contribution is 5.71. The summed E-state index contributed by atoms with van der Waals surface area (Å²) in [6, 6.07) is 11.8. The van der Waals surface area contributed by atoms with Crippen molar-refractivity contribution in [3.05, 3.63) is 64.7 Å². The van der Waals surface area contributed by atoms with Gasteiger partial charge in [0.15, 0.2) is 0 Å². The summed E-state index contributed by atoms with van der Waals surface area (Å²) >= 11 is 0. The summed E-state index contributed by atoms with van der Waals surface area (Å²) in [5.41, 5.74) is 1.59. The fraction of sp³-hybridized carbons (Fsp3) is 0.480. The van der Waals surface area contributed by atoms with Gasteiger partial charge in [-0.25, -0.2) is 0 Å². The van der Waals surface area contributed by atoms with Gasteiger partial charge in [-0.05, 0) is 73.3 Å². The van der Waals surface area contributed by atoms with E-state index in [0.29, 0.717) is 30.3 Å². The number of benzene rings is 2. The third-order valence-electron chi connectivity index (χ3n) is 6.60. The van der Waals surface area contributed by atoms with E-state index >= 15 is 0 Å². The van der Waals surface area contributed by atoms with Crippen molar-refractivity contribution in [2.24, 2.45) is 17.8 Å². The number of halogens is 3. The average Bonchev–Trinajstić information content (AvgIpc) is 3.61. The van der Waals surface area contributed by atoms with Crippen LogP contribution in [0, 0.1) is 24.7 Å². The van der Waals surface area contributed by atoms with Gasteiger partial charge in [-0.3, -0.25) is 4.79 Å². The molecule has 0 aliphatic heterocycles. The molecule has 2 aromatic rings. The van der Waals surface area contributed by atoms with Crippen LogP contribution in [-0.4, -0.2) is 17.7 Å². The van der Waals surface area contributed by atoms with Gasteiger partial charge in [-0.2, -0.15) is 13.2 Å². The normalized spacial score (nSPS) is 22.6. The van der Waals surface area contributed by atoms with Crippen molar-refractivity contribution in [1.29, 1.82) is 0 Å². The molecular weight excluding hydrogens is 405 g/mol. The fourth-order valence-corrected chi connectivity index (χ4v) is 4.65. The summed E-state index contributed by atoms with van der Waals surface area (Å²) in [6.45, 7) is 3.90. The summed E-state index contributed by atoms with van der Waals surface area (Å²) in [5.74, 6) is -0.394. The Morgan fingerprint density at radius 1 is 1.19 bits per heavy atom. The molecule has 4 atom stereocenters. The molecule has 2 aromatic carbocycles. The van der Waals surface area contributed by atoms with E-state index in [1.165, 1.54) is 12.1 Å². The first kappa shape index (κ1) is 21.7. The zero-order chi connectivity index (χ0) is 22.3. The zero-order valence-corrected chi connectivity index (χ0v) is 17.7. The molecule has 0 radical (unpaired) electrons. The Morgan fingerprint density at radius 3 is 2.58 bits per heavy atom. The lowest BCUT2D eigenvalue weighted by Gasteiger charge is -2.21. The number of aliphatic carboxylic acids is 1.